The Hall–Kier alpha value is -7.64. The van der Waals surface area contributed by atoms with Gasteiger partial charge in [0.1, 0.15) is 23.0 Å². The summed E-state index contributed by atoms with van der Waals surface area (Å²) < 4.78 is 0. The van der Waals surface area contributed by atoms with Crippen molar-refractivity contribution in [3.05, 3.63) is 167 Å². The van der Waals surface area contributed by atoms with Crippen molar-refractivity contribution in [3.8, 4) is 23.0 Å². The minimum Gasteiger partial charge on any atom is -0.508 e. The lowest BCUT2D eigenvalue weighted by molar-refractivity contribution is 0.474. The SMILES string of the molecule is C=C1N(C)c2ccccc2C1(C)C.CC.CC.O=Nc1c(O)cc(N2CCN(c3ccc(O)cc3)CC2)c2ccccc12.O=Nc1c(O)ccc2ccccc12.Oc1ccc(N2CCNCC2)cc1. The Kier molecular flexibility index (Phi) is 18.9. The van der Waals surface area contributed by atoms with Crippen LogP contribution >= 0.6 is 0 Å². The van der Waals surface area contributed by atoms with E-state index >= 15 is 0 Å². The molecule has 0 bridgehead atoms. The molecule has 13 heteroatoms. The van der Waals surface area contributed by atoms with Crippen LogP contribution in [0.4, 0.5) is 34.1 Å². The van der Waals surface area contributed by atoms with E-state index in [4.69, 9.17) is 5.11 Å². The van der Waals surface area contributed by atoms with Gasteiger partial charge >= 0.3 is 0 Å². The van der Waals surface area contributed by atoms with Gasteiger partial charge in [-0.3, -0.25) is 0 Å². The number of likely N-dealkylation sites (N-methyl/N-ethyl adjacent to an activating group) is 1. The highest BCUT2D eigenvalue weighted by Crippen LogP contribution is 2.46. The zero-order valence-corrected chi connectivity index (χ0v) is 40.9. The van der Waals surface area contributed by atoms with Crippen LogP contribution in [0.5, 0.6) is 23.0 Å². The van der Waals surface area contributed by atoms with E-state index in [0.717, 1.165) is 74.5 Å². The summed E-state index contributed by atoms with van der Waals surface area (Å²) in [6.07, 6.45) is 0. The standard InChI is InChI=1S/C20H19N3O3.C12H15N.C10H14N2O.C10H7NO2.2C2H6/c24-15-7-5-14(6-8-15)22-9-11-23(12-10-22)18-13-19(25)20(21-26)17-4-2-1-3-16(17)18;1-9-12(2,3)10-7-5-6-8-11(10)13(9)4;13-10-3-1-9(2-4-10)12-7-5-11-6-8-12;12-9-6-5-7-3-1-2-4-8(7)10(9)11-13;2*1-2/h1-8,13,24-25H,9-12H2;5-8H,1H2,2-4H3;1-4,11,13H,5-8H2;1-6,12H;2*1-2H3. The summed E-state index contributed by atoms with van der Waals surface area (Å²) in [6, 6.07) is 42.8. The molecule has 3 aliphatic heterocycles. The molecule has 0 radical (unpaired) electrons. The topological polar surface area (TPSA) is 165 Å². The number of fused-ring (bicyclic) bond motifs is 3. The summed E-state index contributed by atoms with van der Waals surface area (Å²) in [5, 5.41) is 50.4. The molecule has 2 saturated heterocycles. The molecule has 0 aliphatic carbocycles. The van der Waals surface area contributed by atoms with E-state index < -0.39 is 0 Å². The molecule has 7 aromatic rings. The highest BCUT2D eigenvalue weighted by Gasteiger charge is 2.36. The molecule has 0 amide bonds. The van der Waals surface area contributed by atoms with Gasteiger partial charge in [-0.15, -0.1) is 9.81 Å². The van der Waals surface area contributed by atoms with Crippen LogP contribution in [-0.2, 0) is 5.41 Å². The van der Waals surface area contributed by atoms with Gasteiger partial charge in [0.2, 0.25) is 0 Å². The van der Waals surface area contributed by atoms with Crippen LogP contribution in [0.2, 0.25) is 0 Å². The first-order valence-electron chi connectivity index (χ1n) is 23.6. The molecule has 69 heavy (non-hydrogen) atoms. The number of hydrogen-bond donors (Lipinski definition) is 5. The molecule has 3 heterocycles. The number of benzene rings is 7. The zero-order chi connectivity index (χ0) is 50.1. The van der Waals surface area contributed by atoms with Gasteiger partial charge in [-0.25, -0.2) is 0 Å². The van der Waals surface area contributed by atoms with Crippen molar-refractivity contribution in [2.24, 2.45) is 10.4 Å². The van der Waals surface area contributed by atoms with E-state index in [9.17, 15) is 25.1 Å². The molecule has 0 atom stereocenters. The fourth-order valence-corrected chi connectivity index (χ4v) is 8.49. The van der Waals surface area contributed by atoms with Crippen molar-refractivity contribution in [2.75, 3.05) is 79.0 Å². The second-order valence-electron chi connectivity index (χ2n) is 16.5. The number of allylic oxidation sites excluding steroid dienone is 1. The Labute approximate surface area is 406 Å². The van der Waals surface area contributed by atoms with Gasteiger partial charge in [-0.1, -0.05) is 121 Å². The number of anilines is 4. The Bertz CT molecular complexity index is 2770. The van der Waals surface area contributed by atoms with E-state index in [1.54, 1.807) is 48.5 Å². The third-order valence-corrected chi connectivity index (χ3v) is 12.3. The van der Waals surface area contributed by atoms with Gasteiger partial charge < -0.3 is 45.3 Å². The number of phenols is 4. The number of aromatic hydroxyl groups is 4. The molecule has 0 aromatic heterocycles. The van der Waals surface area contributed by atoms with Crippen LogP contribution in [0.15, 0.2) is 162 Å². The lowest BCUT2D eigenvalue weighted by Gasteiger charge is -2.38. The number of para-hydroxylation sites is 1. The van der Waals surface area contributed by atoms with Gasteiger partial charge in [0.05, 0.1) is 0 Å². The van der Waals surface area contributed by atoms with Crippen molar-refractivity contribution in [3.63, 3.8) is 0 Å². The van der Waals surface area contributed by atoms with Gasteiger partial charge in [-0.05, 0) is 82.0 Å². The Balaban J connectivity index is 0.000000177. The first kappa shape index (κ1) is 52.3. The number of nitrogens with one attached hydrogen (secondary N) is 1. The molecule has 2 fully saturated rings. The quantitative estimate of drug-likeness (QED) is 0.104. The number of rotatable bonds is 5. The van der Waals surface area contributed by atoms with E-state index in [2.05, 4.69) is 87.0 Å². The molecule has 362 valence electrons. The highest BCUT2D eigenvalue weighted by molar-refractivity contribution is 6.03. The maximum absolute atomic E-state index is 11.1. The van der Waals surface area contributed by atoms with E-state index in [0.29, 0.717) is 16.5 Å². The van der Waals surface area contributed by atoms with Crippen LogP contribution in [0.1, 0.15) is 47.1 Å². The number of nitroso groups, excluding NO2 is 2. The third kappa shape index (κ3) is 12.5. The minimum atomic E-state index is -0.0883. The average Bonchev–Trinajstić information content (AvgIpc) is 3.57. The molecule has 0 spiro atoms. The van der Waals surface area contributed by atoms with Crippen LogP contribution in [0.3, 0.4) is 0 Å². The fraction of sp³-hybridized carbons (Fsp3) is 0.286. The zero-order valence-electron chi connectivity index (χ0n) is 40.9. The Morgan fingerprint density at radius 1 is 0.522 bits per heavy atom. The summed E-state index contributed by atoms with van der Waals surface area (Å²) in [5.74, 6) is 0.431. The smallest absolute Gasteiger partial charge is 0.157 e. The van der Waals surface area contributed by atoms with E-state index in [1.807, 2.05) is 88.4 Å². The lowest BCUT2D eigenvalue weighted by Crippen LogP contribution is -2.46. The third-order valence-electron chi connectivity index (χ3n) is 12.3. The number of phenolic OH excluding ortho intramolecular Hbond substituents is 4. The second kappa shape index (κ2) is 24.9. The summed E-state index contributed by atoms with van der Waals surface area (Å²) in [5.41, 5.74) is 7.32. The first-order chi connectivity index (χ1) is 33.4. The van der Waals surface area contributed by atoms with Gasteiger partial charge in [0.25, 0.3) is 0 Å². The molecular weight excluding hydrogens is 867 g/mol. The average molecular weight is 934 g/mol. The first-order valence-corrected chi connectivity index (χ1v) is 23.6. The summed E-state index contributed by atoms with van der Waals surface area (Å²) in [7, 11) is 2.08. The van der Waals surface area contributed by atoms with Crippen LogP contribution < -0.4 is 24.9 Å². The predicted molar refractivity (Wildman–Crippen MR) is 288 cm³/mol. The Morgan fingerprint density at radius 3 is 1.54 bits per heavy atom. The number of piperazine rings is 2. The molecule has 0 unspecified atom stereocenters. The summed E-state index contributed by atoms with van der Waals surface area (Å²) in [6.45, 7) is 24.0. The van der Waals surface area contributed by atoms with Gasteiger partial charge in [-0.2, -0.15) is 0 Å². The monoisotopic (exact) mass is 934 g/mol. The second-order valence-corrected chi connectivity index (χ2v) is 16.5. The highest BCUT2D eigenvalue weighted by atomic mass is 16.3. The van der Waals surface area contributed by atoms with E-state index in [-0.39, 0.29) is 34.0 Å². The predicted octanol–water partition coefficient (Wildman–Crippen LogP) is 12.7. The molecular formula is C56H67N7O6. The molecule has 7 aromatic carbocycles. The molecule has 13 nitrogen and oxygen atoms in total. The maximum atomic E-state index is 11.1. The van der Waals surface area contributed by atoms with Crippen molar-refractivity contribution in [2.45, 2.75) is 47.0 Å². The van der Waals surface area contributed by atoms with Crippen LogP contribution in [-0.4, -0.2) is 79.8 Å². The minimum absolute atomic E-state index is 0.0753. The van der Waals surface area contributed by atoms with Crippen molar-refractivity contribution in [1.82, 2.24) is 5.32 Å². The molecule has 10 rings (SSSR count). The van der Waals surface area contributed by atoms with Gasteiger partial charge in [0, 0.05) is 115 Å². The van der Waals surface area contributed by atoms with E-state index in [1.165, 1.54) is 28.7 Å². The Morgan fingerprint density at radius 2 is 0.986 bits per heavy atom. The maximum Gasteiger partial charge on any atom is 0.157 e. The van der Waals surface area contributed by atoms with Crippen molar-refractivity contribution < 1.29 is 20.4 Å². The van der Waals surface area contributed by atoms with Crippen LogP contribution in [0.25, 0.3) is 21.5 Å². The summed E-state index contributed by atoms with van der Waals surface area (Å²) >= 11 is 0. The summed E-state index contributed by atoms with van der Waals surface area (Å²) in [4.78, 5) is 30.5. The van der Waals surface area contributed by atoms with Crippen molar-refractivity contribution in [1.29, 1.82) is 0 Å². The molecule has 5 N–H and O–H groups in total. The van der Waals surface area contributed by atoms with Crippen LogP contribution in [0, 0.1) is 9.81 Å². The molecule has 0 saturated carbocycles. The number of hydrogen-bond acceptors (Lipinski definition) is 13. The number of nitrogens with zero attached hydrogens (tertiary/aromatic N) is 6. The van der Waals surface area contributed by atoms with Gasteiger partial charge in [0.15, 0.2) is 11.4 Å². The lowest BCUT2D eigenvalue weighted by atomic mass is 9.85. The molecule has 3 aliphatic rings. The fourth-order valence-electron chi connectivity index (χ4n) is 8.49. The normalized spacial score (nSPS) is 14.4. The largest absolute Gasteiger partial charge is 0.508 e. The van der Waals surface area contributed by atoms with Crippen molar-refractivity contribution >= 4 is 55.7 Å².